The molecule has 3 rings (SSSR count). The fourth-order valence-corrected chi connectivity index (χ4v) is 2.20. The first-order valence-corrected chi connectivity index (χ1v) is 7.35. The van der Waals surface area contributed by atoms with Gasteiger partial charge in [0.1, 0.15) is 5.69 Å². The van der Waals surface area contributed by atoms with Crippen LogP contribution in [0.2, 0.25) is 0 Å². The molecule has 23 heavy (non-hydrogen) atoms. The molecule has 0 bridgehead atoms. The summed E-state index contributed by atoms with van der Waals surface area (Å²) in [5.74, 6) is 0.113. The van der Waals surface area contributed by atoms with Gasteiger partial charge in [0.25, 0.3) is 5.91 Å². The Morgan fingerprint density at radius 2 is 1.91 bits per heavy atom. The van der Waals surface area contributed by atoms with E-state index >= 15 is 0 Å². The highest BCUT2D eigenvalue weighted by molar-refractivity contribution is 6.01. The lowest BCUT2D eigenvalue weighted by Gasteiger charge is -2.01. The van der Waals surface area contributed by atoms with E-state index < -0.39 is 0 Å². The molecular weight excluding hydrogens is 294 g/mol. The maximum absolute atomic E-state index is 12.0. The maximum Gasteiger partial charge on any atom is 0.322 e. The van der Waals surface area contributed by atoms with Crippen LogP contribution in [0.1, 0.15) is 34.4 Å². The Labute approximate surface area is 133 Å². The van der Waals surface area contributed by atoms with Crippen LogP contribution in [0.3, 0.4) is 0 Å². The maximum atomic E-state index is 12.0. The largest absolute Gasteiger partial charge is 0.407 e. The SMILES string of the molecule is CCc1ccc(Cc2nnc(NC(=O)c3ccnn3C)o2)cc1. The Morgan fingerprint density at radius 3 is 2.57 bits per heavy atom. The average Bonchev–Trinajstić information content (AvgIpc) is 3.17. The van der Waals surface area contributed by atoms with Crippen molar-refractivity contribution in [3.8, 4) is 0 Å². The van der Waals surface area contributed by atoms with E-state index in [-0.39, 0.29) is 11.9 Å². The quantitative estimate of drug-likeness (QED) is 0.780. The predicted octanol–water partition coefficient (Wildman–Crippen LogP) is 2.21. The molecule has 7 heteroatoms. The standard InChI is InChI=1S/C16H17N5O2/c1-3-11-4-6-12(7-5-11)10-14-19-20-16(23-14)18-15(22)13-8-9-17-21(13)2/h4-9H,3,10H2,1-2H3,(H,18,20,22). The van der Waals surface area contributed by atoms with Gasteiger partial charge in [0.15, 0.2) is 0 Å². The van der Waals surface area contributed by atoms with E-state index in [0.29, 0.717) is 18.0 Å². The minimum Gasteiger partial charge on any atom is -0.407 e. The first-order chi connectivity index (χ1) is 11.2. The van der Waals surface area contributed by atoms with E-state index in [1.807, 2.05) is 12.1 Å². The van der Waals surface area contributed by atoms with Crippen molar-refractivity contribution < 1.29 is 9.21 Å². The monoisotopic (exact) mass is 311 g/mol. The summed E-state index contributed by atoms with van der Waals surface area (Å²) in [4.78, 5) is 12.0. The summed E-state index contributed by atoms with van der Waals surface area (Å²) in [6.07, 6.45) is 3.08. The molecule has 1 amide bonds. The van der Waals surface area contributed by atoms with Crippen LogP contribution < -0.4 is 5.32 Å². The van der Waals surface area contributed by atoms with Crippen molar-refractivity contribution in [1.29, 1.82) is 0 Å². The van der Waals surface area contributed by atoms with Gasteiger partial charge in [-0.3, -0.25) is 14.8 Å². The van der Waals surface area contributed by atoms with Crippen molar-refractivity contribution in [2.45, 2.75) is 19.8 Å². The molecule has 0 fully saturated rings. The molecule has 2 aromatic heterocycles. The molecule has 3 aromatic rings. The number of hydrogen-bond acceptors (Lipinski definition) is 5. The molecule has 7 nitrogen and oxygen atoms in total. The molecule has 0 aliphatic rings. The Balaban J connectivity index is 1.65. The number of benzene rings is 1. The van der Waals surface area contributed by atoms with Crippen molar-refractivity contribution in [2.24, 2.45) is 7.05 Å². The van der Waals surface area contributed by atoms with E-state index in [9.17, 15) is 4.79 Å². The van der Waals surface area contributed by atoms with Gasteiger partial charge in [-0.2, -0.15) is 5.10 Å². The zero-order valence-corrected chi connectivity index (χ0v) is 13.0. The first-order valence-electron chi connectivity index (χ1n) is 7.35. The van der Waals surface area contributed by atoms with E-state index in [1.54, 1.807) is 19.3 Å². The second-order valence-corrected chi connectivity index (χ2v) is 5.14. The lowest BCUT2D eigenvalue weighted by molar-refractivity contribution is 0.101. The normalized spacial score (nSPS) is 10.7. The number of nitrogens with one attached hydrogen (secondary N) is 1. The zero-order valence-electron chi connectivity index (χ0n) is 13.0. The smallest absolute Gasteiger partial charge is 0.322 e. The summed E-state index contributed by atoms with van der Waals surface area (Å²) in [5.41, 5.74) is 2.78. The molecular formula is C16H17N5O2. The van der Waals surface area contributed by atoms with Crippen LogP contribution in [0.25, 0.3) is 0 Å². The number of aromatic nitrogens is 4. The topological polar surface area (TPSA) is 85.8 Å². The third-order valence-corrected chi connectivity index (χ3v) is 3.53. The Hall–Kier alpha value is -2.96. The average molecular weight is 311 g/mol. The number of carbonyl (C=O) groups excluding carboxylic acids is 1. The number of amides is 1. The molecule has 0 aliphatic heterocycles. The van der Waals surface area contributed by atoms with Crippen molar-refractivity contribution in [3.05, 3.63) is 59.2 Å². The second-order valence-electron chi connectivity index (χ2n) is 5.14. The molecule has 0 aliphatic carbocycles. The van der Waals surface area contributed by atoms with E-state index in [1.165, 1.54) is 10.2 Å². The number of carbonyl (C=O) groups is 1. The summed E-state index contributed by atoms with van der Waals surface area (Å²) in [6.45, 7) is 2.12. The van der Waals surface area contributed by atoms with Gasteiger partial charge in [-0.15, -0.1) is 5.10 Å². The molecule has 0 saturated heterocycles. The van der Waals surface area contributed by atoms with Crippen LogP contribution in [0.4, 0.5) is 6.01 Å². The van der Waals surface area contributed by atoms with E-state index in [2.05, 4.69) is 39.7 Å². The van der Waals surface area contributed by atoms with Crippen molar-refractivity contribution in [1.82, 2.24) is 20.0 Å². The van der Waals surface area contributed by atoms with Crippen LogP contribution in [0, 0.1) is 0 Å². The van der Waals surface area contributed by atoms with Crippen LogP contribution in [-0.2, 0) is 19.9 Å². The van der Waals surface area contributed by atoms with Crippen molar-refractivity contribution in [2.75, 3.05) is 5.32 Å². The third kappa shape index (κ3) is 3.45. The minimum atomic E-state index is -0.340. The first kappa shape index (κ1) is 15.0. The highest BCUT2D eigenvalue weighted by Gasteiger charge is 2.14. The highest BCUT2D eigenvalue weighted by atomic mass is 16.4. The van der Waals surface area contributed by atoms with Crippen molar-refractivity contribution in [3.63, 3.8) is 0 Å². The van der Waals surface area contributed by atoms with Gasteiger partial charge < -0.3 is 4.42 Å². The lowest BCUT2D eigenvalue weighted by Crippen LogP contribution is -2.16. The molecule has 118 valence electrons. The lowest BCUT2D eigenvalue weighted by atomic mass is 10.1. The number of nitrogens with zero attached hydrogens (tertiary/aromatic N) is 4. The number of anilines is 1. The summed E-state index contributed by atoms with van der Waals surface area (Å²) in [6, 6.07) is 9.93. The summed E-state index contributed by atoms with van der Waals surface area (Å²) in [5, 5.41) is 14.3. The van der Waals surface area contributed by atoms with Gasteiger partial charge in [-0.25, -0.2) is 0 Å². The summed E-state index contributed by atoms with van der Waals surface area (Å²) < 4.78 is 6.94. The molecule has 0 atom stereocenters. The van der Waals surface area contributed by atoms with Crippen molar-refractivity contribution >= 4 is 11.9 Å². The molecule has 0 spiro atoms. The number of rotatable bonds is 5. The Bertz CT molecular complexity index is 804. The van der Waals surface area contributed by atoms with Crippen LogP contribution >= 0.6 is 0 Å². The molecule has 0 saturated carbocycles. The highest BCUT2D eigenvalue weighted by Crippen LogP contribution is 2.13. The molecule has 0 radical (unpaired) electrons. The van der Waals surface area contributed by atoms with Gasteiger partial charge >= 0.3 is 6.01 Å². The predicted molar refractivity (Wildman–Crippen MR) is 84.1 cm³/mol. The van der Waals surface area contributed by atoms with Gasteiger partial charge in [0, 0.05) is 13.2 Å². The number of hydrogen-bond donors (Lipinski definition) is 1. The molecule has 1 aromatic carbocycles. The third-order valence-electron chi connectivity index (χ3n) is 3.53. The van der Waals surface area contributed by atoms with Gasteiger partial charge in [0.2, 0.25) is 5.89 Å². The van der Waals surface area contributed by atoms with E-state index in [0.717, 1.165) is 12.0 Å². The van der Waals surface area contributed by atoms with Crippen LogP contribution in [0.5, 0.6) is 0 Å². The van der Waals surface area contributed by atoms with Gasteiger partial charge in [-0.05, 0) is 23.6 Å². The molecule has 1 N–H and O–H groups in total. The van der Waals surface area contributed by atoms with Crippen LogP contribution in [-0.4, -0.2) is 25.9 Å². The zero-order chi connectivity index (χ0) is 16.2. The Morgan fingerprint density at radius 1 is 1.17 bits per heavy atom. The molecule has 2 heterocycles. The van der Waals surface area contributed by atoms with E-state index in [4.69, 9.17) is 4.42 Å². The second kappa shape index (κ2) is 6.43. The van der Waals surface area contributed by atoms with Gasteiger partial charge in [0.05, 0.1) is 6.42 Å². The number of aryl methyl sites for hydroxylation is 2. The summed E-state index contributed by atoms with van der Waals surface area (Å²) in [7, 11) is 1.69. The fraction of sp³-hybridized carbons (Fsp3) is 0.250. The fourth-order valence-electron chi connectivity index (χ4n) is 2.20. The molecule has 0 unspecified atom stereocenters. The Kier molecular flexibility index (Phi) is 4.18. The van der Waals surface area contributed by atoms with Crippen LogP contribution in [0.15, 0.2) is 40.9 Å². The summed E-state index contributed by atoms with van der Waals surface area (Å²) >= 11 is 0. The minimum absolute atomic E-state index is 0.0800. The van der Waals surface area contributed by atoms with Gasteiger partial charge in [-0.1, -0.05) is 36.3 Å².